The Morgan fingerprint density at radius 2 is 1.52 bits per heavy atom. The molecule has 7 fully saturated rings. The van der Waals surface area contributed by atoms with Crippen LogP contribution in [0.5, 0.6) is 11.8 Å². The highest BCUT2D eigenvalue weighted by Crippen LogP contribution is 2.50. The van der Waals surface area contributed by atoms with Gasteiger partial charge >= 0.3 is 18.1 Å². The number of hydrogen-bond donors (Lipinski definition) is 1. The maximum Gasteiger partial charge on any atom is 0.410 e. The number of nitrogens with one attached hydrogen (secondary N) is 1. The van der Waals surface area contributed by atoms with Crippen molar-refractivity contribution in [2.45, 2.75) is 174 Å². The molecule has 1 N–H and O–H groups in total. The SMILES string of the molecule is [2H]C([2H])([2H])c1ccc(C(=O)N2CCC3(CCC(CN4CCN(CC5(COc6nc(N7CC8CCC(C7)N8C(=O)OC(C)(C)C)c7cnc(-c8cc(OCOC)cc9ccc(F)c(C#C[Si](C(C)C)(C(C)C)C(C)C)c89)c(F)c7n6)CC5)CC4)CC3)CC2)cc1N1CCC(=O)NC1=O. The Hall–Kier alpha value is -6.99. The number of piperazine rings is 2. The van der Waals surface area contributed by atoms with E-state index >= 15 is 8.78 Å². The molecule has 3 aromatic carbocycles. The number of nitrogens with zero attached hydrogens (tertiary/aromatic N) is 9. The molecule has 18 nitrogen and oxygen atoms in total. The van der Waals surface area contributed by atoms with E-state index in [4.69, 9.17) is 38.0 Å². The van der Waals surface area contributed by atoms with Crippen LogP contribution in [0.1, 0.15) is 159 Å². The van der Waals surface area contributed by atoms with E-state index in [0.29, 0.717) is 77.6 Å². The van der Waals surface area contributed by atoms with Crippen molar-refractivity contribution >= 4 is 65.2 Å². The third-order valence-electron chi connectivity index (χ3n) is 21.8. The topological polar surface area (TPSA) is 175 Å². The molecule has 2 unspecified atom stereocenters. The molecule has 1 spiro atoms. The van der Waals surface area contributed by atoms with Gasteiger partial charge in [-0.25, -0.2) is 18.4 Å². The Labute approximate surface area is 558 Å². The minimum Gasteiger partial charge on any atom is -0.468 e. The summed E-state index contributed by atoms with van der Waals surface area (Å²) in [7, 11) is -0.846. The normalized spacial score (nSPS) is 21.8. The maximum atomic E-state index is 18.3. The van der Waals surface area contributed by atoms with Crippen molar-refractivity contribution in [1.82, 2.24) is 39.9 Å². The van der Waals surface area contributed by atoms with Crippen LogP contribution in [0.3, 0.4) is 0 Å². The minimum absolute atomic E-state index is 0.00626. The van der Waals surface area contributed by atoms with Crippen LogP contribution in [0.2, 0.25) is 16.6 Å². The number of aromatic nitrogens is 3. The second kappa shape index (κ2) is 26.9. The zero-order valence-electron chi connectivity index (χ0n) is 59.6. The highest BCUT2D eigenvalue weighted by Gasteiger charge is 2.48. The molecule has 0 radical (unpaired) electrons. The number of rotatable bonds is 17. The maximum absolute atomic E-state index is 18.3. The van der Waals surface area contributed by atoms with E-state index in [2.05, 4.69) is 73.0 Å². The van der Waals surface area contributed by atoms with Crippen molar-refractivity contribution in [1.29, 1.82) is 0 Å². The van der Waals surface area contributed by atoms with Crippen LogP contribution in [0, 0.1) is 46.7 Å². The average Bonchev–Trinajstić information content (AvgIpc) is 1.74. The highest BCUT2D eigenvalue weighted by molar-refractivity contribution is 6.90. The van der Waals surface area contributed by atoms with E-state index in [1.54, 1.807) is 24.4 Å². The summed E-state index contributed by atoms with van der Waals surface area (Å²) in [6, 6.07) is 9.98. The lowest BCUT2D eigenvalue weighted by Crippen LogP contribution is -2.57. The number of likely N-dealkylation sites (tertiary alicyclic amines) is 1. The van der Waals surface area contributed by atoms with E-state index < -0.39 is 44.1 Å². The molecule has 2 atom stereocenters. The molecular weight excluding hydrogens is 1210 g/mol. The predicted octanol–water partition coefficient (Wildman–Crippen LogP) is 12.9. The number of carbonyl (C=O) groups excluding carboxylic acids is 4. The van der Waals surface area contributed by atoms with Gasteiger partial charge in [-0.1, -0.05) is 59.6 Å². The second-order valence-electron chi connectivity index (χ2n) is 30.0. The molecule has 7 aliphatic rings. The zero-order chi connectivity index (χ0) is 69.1. The summed E-state index contributed by atoms with van der Waals surface area (Å²) in [6.45, 7) is 24.4. The number of aryl methyl sites for hydroxylation is 1. The van der Waals surface area contributed by atoms with Gasteiger partial charge in [-0.2, -0.15) is 9.97 Å². The Morgan fingerprint density at radius 3 is 2.16 bits per heavy atom. The molecule has 5 aromatic rings. The molecular formula is C73H96F2N10O8Si. The smallest absolute Gasteiger partial charge is 0.410 e. The first-order valence-electron chi connectivity index (χ1n) is 35.7. The number of ether oxygens (including phenoxy) is 4. The van der Waals surface area contributed by atoms with E-state index in [9.17, 15) is 19.2 Å². The lowest BCUT2D eigenvalue weighted by Gasteiger charge is -2.47. The number of piperidine rings is 1. The summed E-state index contributed by atoms with van der Waals surface area (Å²) in [6.07, 6.45) is 11.1. The van der Waals surface area contributed by atoms with Crippen LogP contribution >= 0.6 is 0 Å². The first kappa shape index (κ1) is 63.1. The number of halogens is 2. The van der Waals surface area contributed by atoms with Crippen LogP contribution in [-0.2, 0) is 14.3 Å². The van der Waals surface area contributed by atoms with Gasteiger partial charge < -0.3 is 38.5 Å². The van der Waals surface area contributed by atoms with E-state index in [1.165, 1.54) is 36.3 Å². The number of carbonyl (C=O) groups is 4. The Bertz CT molecular complexity index is 3850. The predicted molar refractivity (Wildman–Crippen MR) is 364 cm³/mol. The molecule has 21 heteroatoms. The monoisotopic (exact) mass is 1310 g/mol. The Kier molecular flexibility index (Phi) is 18.1. The fourth-order valence-electron chi connectivity index (χ4n) is 16.5. The number of benzene rings is 3. The van der Waals surface area contributed by atoms with Crippen LogP contribution in [0.4, 0.5) is 29.9 Å². The molecule has 94 heavy (non-hydrogen) atoms. The molecule has 2 aromatic heterocycles. The minimum atomic E-state index is -2.52. The number of anilines is 2. The van der Waals surface area contributed by atoms with Gasteiger partial charge in [0.2, 0.25) is 5.91 Å². The molecule has 2 saturated carbocycles. The van der Waals surface area contributed by atoms with Crippen LogP contribution < -0.4 is 24.6 Å². The van der Waals surface area contributed by atoms with Crippen molar-refractivity contribution in [2.75, 3.05) is 102 Å². The molecule has 5 aliphatic heterocycles. The quantitative estimate of drug-likeness (QED) is 0.0529. The van der Waals surface area contributed by atoms with Gasteiger partial charge in [0.1, 0.15) is 42.3 Å². The summed E-state index contributed by atoms with van der Waals surface area (Å²) in [5, 5.41) is 3.66. The second-order valence-corrected chi connectivity index (χ2v) is 35.5. The Morgan fingerprint density at radius 1 is 0.830 bits per heavy atom. The van der Waals surface area contributed by atoms with Crippen LogP contribution in [0.25, 0.3) is 32.9 Å². The van der Waals surface area contributed by atoms with Crippen molar-refractivity contribution in [3.63, 3.8) is 0 Å². The van der Waals surface area contributed by atoms with E-state index in [1.807, 2.05) is 30.6 Å². The van der Waals surface area contributed by atoms with Crippen molar-refractivity contribution in [2.24, 2.45) is 16.7 Å². The number of fused-ring (bicyclic) bond motifs is 4. The Balaban J connectivity index is 0.731. The number of hydrogen-bond acceptors (Lipinski definition) is 14. The molecule has 2 aliphatic carbocycles. The fourth-order valence-corrected chi connectivity index (χ4v) is 21.7. The number of urea groups is 1. The largest absolute Gasteiger partial charge is 0.468 e. The lowest BCUT2D eigenvalue weighted by molar-refractivity contribution is -0.120. The molecule has 2 bridgehead atoms. The van der Waals surface area contributed by atoms with E-state index in [0.717, 1.165) is 103 Å². The third kappa shape index (κ3) is 13.7. The van der Waals surface area contributed by atoms with Gasteiger partial charge in [0.15, 0.2) is 12.6 Å². The molecule has 5 amide bonds. The van der Waals surface area contributed by atoms with Gasteiger partial charge in [-0.05, 0) is 161 Å². The average molecular weight is 1310 g/mol. The number of amides is 5. The number of imide groups is 1. The van der Waals surface area contributed by atoms with Gasteiger partial charge in [0.25, 0.3) is 5.91 Å². The summed E-state index contributed by atoms with van der Waals surface area (Å²) in [5.41, 5.74) is 4.77. The van der Waals surface area contributed by atoms with Gasteiger partial charge in [0.05, 0.1) is 29.6 Å². The van der Waals surface area contributed by atoms with Crippen molar-refractivity contribution < 1.29 is 51.0 Å². The molecule has 504 valence electrons. The van der Waals surface area contributed by atoms with Crippen molar-refractivity contribution in [3.05, 3.63) is 77.0 Å². The van der Waals surface area contributed by atoms with Crippen LogP contribution in [0.15, 0.2) is 48.7 Å². The standard InChI is InChI=1S/C73H96F2N10O8Si/c1-46(2)94(47(3)4,48(5)6)35-21-56-59(74)17-14-51-36-55(92-45-90-11)38-57(62(51)56)64-63(75)65-58(39-76-64)66(83-41-53-15-16-54(42-83)85(53)70(89)93-71(8,9)10)79-68(78-65)91-44-73(24-25-73)43-81-33-31-80(32-34-81)40-50-18-22-72(23-19-50)26-29-82(30-27-72)67(87)52-13-12-49(7)60(37-52)84-28-20-61(86)77-69(84)88/h12-14,17,36-39,46-48,50,53-54H,15-16,18-20,22-34,40-45H2,1-11H3,(H,77,86,88)/i7D3. The lowest BCUT2D eigenvalue weighted by atomic mass is 9.65. The van der Waals surface area contributed by atoms with Gasteiger partial charge in [0, 0.05) is 123 Å². The van der Waals surface area contributed by atoms with Gasteiger partial charge in [-0.3, -0.25) is 29.7 Å². The van der Waals surface area contributed by atoms with E-state index in [-0.39, 0.29) is 105 Å². The molecule has 5 saturated heterocycles. The molecule has 7 heterocycles. The number of methoxy groups -OCH3 is 1. The first-order valence-corrected chi connectivity index (χ1v) is 36.5. The van der Waals surface area contributed by atoms with Crippen molar-refractivity contribution in [3.8, 4) is 34.5 Å². The fraction of sp³-hybridized carbons (Fsp3) is 0.603. The van der Waals surface area contributed by atoms with Crippen LogP contribution in [-0.4, -0.2) is 177 Å². The van der Waals surface area contributed by atoms with Gasteiger partial charge in [-0.15, -0.1) is 5.54 Å². The molecule has 12 rings (SSSR count). The summed E-state index contributed by atoms with van der Waals surface area (Å²) >= 11 is 0. The summed E-state index contributed by atoms with van der Waals surface area (Å²) < 4.78 is 83.3. The highest BCUT2D eigenvalue weighted by atomic mass is 28.3. The zero-order valence-corrected chi connectivity index (χ0v) is 57.6. The third-order valence-corrected chi connectivity index (χ3v) is 28.1. The number of pyridine rings is 1. The first-order chi connectivity index (χ1) is 46.1. The summed E-state index contributed by atoms with van der Waals surface area (Å²) in [5.74, 6) is 2.96. The summed E-state index contributed by atoms with van der Waals surface area (Å²) in [4.78, 5) is 79.5.